The Labute approximate surface area is 108 Å². The fraction of sp³-hybridized carbons (Fsp3) is 0.364. The van der Waals surface area contributed by atoms with Gasteiger partial charge in [-0.25, -0.2) is 4.79 Å². The van der Waals surface area contributed by atoms with Crippen LogP contribution in [0.3, 0.4) is 0 Å². The second kappa shape index (κ2) is 4.45. The minimum atomic E-state index is -0.788. The van der Waals surface area contributed by atoms with E-state index in [1.807, 2.05) is 0 Å². The average Bonchev–Trinajstić information content (AvgIpc) is 2.76. The highest BCUT2D eigenvalue weighted by Gasteiger charge is 2.34. The fourth-order valence-corrected chi connectivity index (χ4v) is 2.14. The van der Waals surface area contributed by atoms with E-state index in [4.69, 9.17) is 16.3 Å². The molecule has 1 aromatic carbocycles. The van der Waals surface area contributed by atoms with E-state index in [2.05, 4.69) is 4.74 Å². The van der Waals surface area contributed by atoms with Gasteiger partial charge < -0.3 is 9.47 Å². The lowest BCUT2D eigenvalue weighted by Gasteiger charge is -2.08. The number of ether oxygens (including phenoxy) is 2. The number of nitro benzene ring substituents is 1. The maximum Gasteiger partial charge on any atom is 0.347 e. The van der Waals surface area contributed by atoms with E-state index in [-0.39, 0.29) is 17.1 Å². The van der Waals surface area contributed by atoms with Gasteiger partial charge in [0.25, 0.3) is 5.69 Å². The lowest BCUT2D eigenvalue weighted by molar-refractivity contribution is -0.385. The third-order valence-corrected chi connectivity index (χ3v) is 3.30. The largest absolute Gasteiger partial charge is 0.476 e. The van der Waals surface area contributed by atoms with Crippen LogP contribution in [0.1, 0.15) is 11.1 Å². The van der Waals surface area contributed by atoms with Crippen molar-refractivity contribution in [2.24, 2.45) is 0 Å². The molecular formula is C11H10ClNO5. The Morgan fingerprint density at radius 3 is 2.89 bits per heavy atom. The smallest absolute Gasteiger partial charge is 0.347 e. The number of benzene rings is 1. The van der Waals surface area contributed by atoms with E-state index in [1.165, 1.54) is 20.1 Å². The highest BCUT2D eigenvalue weighted by atomic mass is 35.5. The van der Waals surface area contributed by atoms with Gasteiger partial charge in [0.05, 0.1) is 17.1 Å². The zero-order valence-corrected chi connectivity index (χ0v) is 10.5. The first kappa shape index (κ1) is 12.6. The number of hydrogen-bond acceptors (Lipinski definition) is 5. The highest BCUT2D eigenvalue weighted by Crippen LogP contribution is 2.42. The second-order valence-corrected chi connectivity index (χ2v) is 4.29. The molecule has 0 aromatic heterocycles. The van der Waals surface area contributed by atoms with Crippen LogP contribution in [0.2, 0.25) is 5.02 Å². The van der Waals surface area contributed by atoms with Crippen molar-refractivity contribution in [3.63, 3.8) is 0 Å². The molecule has 18 heavy (non-hydrogen) atoms. The normalized spacial score (nSPS) is 16.9. The van der Waals surface area contributed by atoms with Gasteiger partial charge in [-0.2, -0.15) is 0 Å². The van der Waals surface area contributed by atoms with E-state index < -0.39 is 17.0 Å². The van der Waals surface area contributed by atoms with Crippen molar-refractivity contribution in [2.75, 3.05) is 7.11 Å². The molecule has 1 unspecified atom stereocenters. The monoisotopic (exact) mass is 271 g/mol. The van der Waals surface area contributed by atoms with Crippen molar-refractivity contribution in [3.8, 4) is 5.75 Å². The predicted octanol–water partition coefficient (Wildman–Crippen LogP) is 2.03. The Balaban J connectivity index is 2.45. The Morgan fingerprint density at radius 2 is 2.33 bits per heavy atom. The number of carbonyl (C=O) groups is 1. The van der Waals surface area contributed by atoms with Gasteiger partial charge in [-0.1, -0.05) is 11.6 Å². The molecule has 2 rings (SSSR count). The topological polar surface area (TPSA) is 78.7 Å². The van der Waals surface area contributed by atoms with Crippen molar-refractivity contribution in [1.82, 2.24) is 0 Å². The van der Waals surface area contributed by atoms with E-state index in [0.29, 0.717) is 16.9 Å². The van der Waals surface area contributed by atoms with Crippen LogP contribution in [-0.2, 0) is 16.0 Å². The molecule has 1 aliphatic heterocycles. The van der Waals surface area contributed by atoms with Gasteiger partial charge in [0.2, 0.25) is 0 Å². The number of nitrogens with zero attached hydrogens (tertiary/aromatic N) is 1. The van der Waals surface area contributed by atoms with E-state index in [0.717, 1.165) is 0 Å². The van der Waals surface area contributed by atoms with Crippen LogP contribution >= 0.6 is 11.6 Å². The summed E-state index contributed by atoms with van der Waals surface area (Å²) in [5.41, 5.74) is 0.798. The molecule has 1 heterocycles. The summed E-state index contributed by atoms with van der Waals surface area (Å²) < 4.78 is 9.95. The number of hydrogen-bond donors (Lipinski definition) is 0. The van der Waals surface area contributed by atoms with Gasteiger partial charge >= 0.3 is 5.97 Å². The minimum Gasteiger partial charge on any atom is -0.476 e. The number of fused-ring (bicyclic) bond motifs is 1. The molecule has 0 spiro atoms. The lowest BCUT2D eigenvalue weighted by Crippen LogP contribution is -2.26. The van der Waals surface area contributed by atoms with Crippen molar-refractivity contribution < 1.29 is 19.2 Å². The van der Waals surface area contributed by atoms with Crippen molar-refractivity contribution >= 4 is 23.3 Å². The molecule has 0 saturated carbocycles. The minimum absolute atomic E-state index is 0.0761. The number of carbonyl (C=O) groups excluding carboxylic acids is 1. The van der Waals surface area contributed by atoms with Crippen LogP contribution in [0, 0.1) is 17.0 Å². The molecule has 0 amide bonds. The molecule has 0 saturated heterocycles. The van der Waals surface area contributed by atoms with E-state index in [9.17, 15) is 14.9 Å². The SMILES string of the molecule is COC(=O)C1Cc2cc([N+](=O)[O-])c(C)c(Cl)c2O1. The molecular weight excluding hydrogens is 262 g/mol. The molecule has 6 nitrogen and oxygen atoms in total. The standard InChI is InChI=1S/C11H10ClNO5/c1-5-7(13(15)16)3-6-4-8(11(14)17-2)18-10(6)9(5)12/h3,8H,4H2,1-2H3. The Morgan fingerprint density at radius 1 is 1.67 bits per heavy atom. The highest BCUT2D eigenvalue weighted by molar-refractivity contribution is 6.33. The number of esters is 1. The summed E-state index contributed by atoms with van der Waals surface area (Å²) in [6, 6.07) is 1.39. The van der Waals surface area contributed by atoms with Crippen molar-refractivity contribution in [1.29, 1.82) is 0 Å². The molecule has 0 radical (unpaired) electrons. The van der Waals surface area contributed by atoms with Gasteiger partial charge in [-0.3, -0.25) is 10.1 Å². The van der Waals surface area contributed by atoms with Crippen LogP contribution in [0.15, 0.2) is 6.07 Å². The maximum absolute atomic E-state index is 11.4. The van der Waals surface area contributed by atoms with Crippen molar-refractivity contribution in [3.05, 3.63) is 32.3 Å². The van der Waals surface area contributed by atoms with Crippen LogP contribution < -0.4 is 4.74 Å². The molecule has 7 heteroatoms. The molecule has 96 valence electrons. The summed E-state index contributed by atoms with van der Waals surface area (Å²) in [7, 11) is 1.25. The quantitative estimate of drug-likeness (QED) is 0.467. The van der Waals surface area contributed by atoms with Gasteiger partial charge in [0.1, 0.15) is 5.75 Å². The number of halogens is 1. The van der Waals surface area contributed by atoms with Crippen LogP contribution in [-0.4, -0.2) is 24.1 Å². The summed E-state index contributed by atoms with van der Waals surface area (Å²) in [5.74, 6) is -0.197. The zero-order valence-electron chi connectivity index (χ0n) is 9.73. The molecule has 0 fully saturated rings. The zero-order chi connectivity index (χ0) is 13.4. The summed E-state index contributed by atoms with van der Waals surface area (Å²) in [5, 5.41) is 11.0. The fourth-order valence-electron chi connectivity index (χ4n) is 1.88. The van der Waals surface area contributed by atoms with E-state index >= 15 is 0 Å². The first-order valence-corrected chi connectivity index (χ1v) is 5.54. The number of rotatable bonds is 2. The molecule has 0 N–H and O–H groups in total. The van der Waals surface area contributed by atoms with Gasteiger partial charge in [-0.05, 0) is 6.92 Å². The Bertz CT molecular complexity index is 543. The van der Waals surface area contributed by atoms with Crippen LogP contribution in [0.25, 0.3) is 0 Å². The molecule has 0 aliphatic carbocycles. The molecule has 1 atom stereocenters. The van der Waals surface area contributed by atoms with Crippen LogP contribution in [0.4, 0.5) is 5.69 Å². The molecule has 1 aromatic rings. The number of nitro groups is 1. The summed E-state index contributed by atoms with van der Waals surface area (Å²) >= 11 is 6.02. The Kier molecular flexibility index (Phi) is 3.13. The summed E-state index contributed by atoms with van der Waals surface area (Å²) in [6.45, 7) is 1.54. The van der Waals surface area contributed by atoms with Gasteiger partial charge in [0.15, 0.2) is 6.10 Å². The molecule has 1 aliphatic rings. The summed E-state index contributed by atoms with van der Waals surface area (Å²) in [6.07, 6.45) is -0.563. The predicted molar refractivity (Wildman–Crippen MR) is 63.0 cm³/mol. The van der Waals surface area contributed by atoms with E-state index in [1.54, 1.807) is 0 Å². The molecule has 0 bridgehead atoms. The average molecular weight is 272 g/mol. The third kappa shape index (κ3) is 1.88. The first-order chi connectivity index (χ1) is 8.45. The van der Waals surface area contributed by atoms with Gasteiger partial charge in [0, 0.05) is 23.6 Å². The second-order valence-electron chi connectivity index (χ2n) is 3.91. The third-order valence-electron chi connectivity index (χ3n) is 2.84. The van der Waals surface area contributed by atoms with Gasteiger partial charge in [-0.15, -0.1) is 0 Å². The Hall–Kier alpha value is -1.82. The lowest BCUT2D eigenvalue weighted by atomic mass is 10.1. The number of methoxy groups -OCH3 is 1. The summed E-state index contributed by atoms with van der Waals surface area (Å²) in [4.78, 5) is 21.7. The van der Waals surface area contributed by atoms with Crippen LogP contribution in [0.5, 0.6) is 5.75 Å². The maximum atomic E-state index is 11.4. The van der Waals surface area contributed by atoms with Crippen molar-refractivity contribution in [2.45, 2.75) is 19.4 Å². The first-order valence-electron chi connectivity index (χ1n) is 5.16.